The largest absolute Gasteiger partial charge is 0.500 e. The van der Waals surface area contributed by atoms with Crippen LogP contribution in [0.2, 0.25) is 0 Å². The van der Waals surface area contributed by atoms with Crippen molar-refractivity contribution in [3.8, 4) is 0 Å². The second-order valence-electron chi connectivity index (χ2n) is 1.77. The van der Waals surface area contributed by atoms with Gasteiger partial charge in [0.2, 0.25) is 0 Å². The molecular formula is C6H13NO2. The van der Waals surface area contributed by atoms with Gasteiger partial charge in [-0.25, -0.2) is 0 Å². The summed E-state index contributed by atoms with van der Waals surface area (Å²) in [5.41, 5.74) is 5.44. The van der Waals surface area contributed by atoms with E-state index in [1.807, 2.05) is 0 Å². The van der Waals surface area contributed by atoms with E-state index < -0.39 is 0 Å². The summed E-state index contributed by atoms with van der Waals surface area (Å²) in [6, 6.07) is -0.0759. The molecule has 0 aromatic carbocycles. The summed E-state index contributed by atoms with van der Waals surface area (Å²) in [6.07, 6.45) is 1.92. The van der Waals surface area contributed by atoms with Crippen molar-refractivity contribution in [1.29, 1.82) is 0 Å². The van der Waals surface area contributed by atoms with Gasteiger partial charge in [0, 0.05) is 12.6 Å². The Morgan fingerprint density at radius 2 is 2.44 bits per heavy atom. The molecule has 0 aliphatic heterocycles. The second kappa shape index (κ2) is 5.59. The molecule has 0 spiro atoms. The van der Waals surface area contributed by atoms with E-state index in [-0.39, 0.29) is 12.6 Å². The first-order valence-electron chi connectivity index (χ1n) is 2.90. The predicted molar refractivity (Wildman–Crippen MR) is 35.8 cm³/mol. The Kier molecular flexibility index (Phi) is 5.26. The maximum atomic E-state index is 8.37. The first-order chi connectivity index (χ1) is 4.31. The molecule has 1 atom stereocenters. The van der Waals surface area contributed by atoms with Gasteiger partial charge in [0.15, 0.2) is 0 Å². The molecular weight excluding hydrogens is 118 g/mol. The van der Waals surface area contributed by atoms with Crippen LogP contribution in [0.3, 0.4) is 0 Å². The third-order valence-electron chi connectivity index (χ3n) is 0.928. The molecule has 0 fully saturated rings. The van der Waals surface area contributed by atoms with Crippen molar-refractivity contribution < 1.29 is 9.84 Å². The molecule has 0 saturated heterocycles. The van der Waals surface area contributed by atoms with Crippen molar-refractivity contribution in [3.05, 3.63) is 12.8 Å². The van der Waals surface area contributed by atoms with Crippen LogP contribution in [0.15, 0.2) is 12.8 Å². The van der Waals surface area contributed by atoms with Gasteiger partial charge in [0.05, 0.1) is 6.26 Å². The van der Waals surface area contributed by atoms with Gasteiger partial charge in [0.25, 0.3) is 0 Å². The third-order valence-corrected chi connectivity index (χ3v) is 0.928. The van der Waals surface area contributed by atoms with E-state index in [1.54, 1.807) is 0 Å². The lowest BCUT2D eigenvalue weighted by Crippen LogP contribution is -2.26. The van der Waals surface area contributed by atoms with E-state index in [1.165, 1.54) is 6.26 Å². The number of aliphatic hydroxyl groups is 1. The Balaban J connectivity index is 3.04. The lowest BCUT2D eigenvalue weighted by molar-refractivity contribution is 0.199. The van der Waals surface area contributed by atoms with Crippen LogP contribution in [0, 0.1) is 0 Å². The summed E-state index contributed by atoms with van der Waals surface area (Å²) in [7, 11) is 0. The van der Waals surface area contributed by atoms with Crippen LogP contribution < -0.4 is 5.73 Å². The quantitative estimate of drug-likeness (QED) is 0.510. The van der Waals surface area contributed by atoms with Crippen LogP contribution >= 0.6 is 0 Å². The fourth-order valence-electron chi connectivity index (χ4n) is 0.441. The van der Waals surface area contributed by atoms with E-state index in [9.17, 15) is 0 Å². The lowest BCUT2D eigenvalue weighted by Gasteiger charge is -2.07. The Bertz CT molecular complexity index is 75.5. The zero-order valence-electron chi connectivity index (χ0n) is 5.42. The first kappa shape index (κ1) is 8.46. The Labute approximate surface area is 55.1 Å². The van der Waals surface area contributed by atoms with Gasteiger partial charge in [-0.1, -0.05) is 6.58 Å². The average Bonchev–Trinajstić information content (AvgIpc) is 1.85. The smallest absolute Gasteiger partial charge is 0.102 e. The molecule has 1 unspecified atom stereocenters. The number of hydrogen-bond donors (Lipinski definition) is 2. The summed E-state index contributed by atoms with van der Waals surface area (Å²) in [4.78, 5) is 0. The maximum Gasteiger partial charge on any atom is 0.102 e. The van der Waals surface area contributed by atoms with Crippen molar-refractivity contribution in [2.24, 2.45) is 5.73 Å². The van der Waals surface area contributed by atoms with Crippen molar-refractivity contribution in [2.75, 3.05) is 13.2 Å². The molecule has 0 aromatic heterocycles. The minimum atomic E-state index is -0.0759. The molecule has 9 heavy (non-hydrogen) atoms. The van der Waals surface area contributed by atoms with Gasteiger partial charge in [-0.2, -0.15) is 0 Å². The number of ether oxygens (including phenoxy) is 1. The zero-order chi connectivity index (χ0) is 7.11. The van der Waals surface area contributed by atoms with E-state index in [0.717, 1.165) is 0 Å². The van der Waals surface area contributed by atoms with Crippen LogP contribution in [-0.2, 0) is 4.74 Å². The third kappa shape index (κ3) is 5.33. The van der Waals surface area contributed by atoms with Crippen molar-refractivity contribution in [2.45, 2.75) is 12.5 Å². The van der Waals surface area contributed by atoms with Gasteiger partial charge in [0.1, 0.15) is 6.61 Å². The van der Waals surface area contributed by atoms with Crippen molar-refractivity contribution in [3.63, 3.8) is 0 Å². The molecule has 0 amide bonds. The van der Waals surface area contributed by atoms with Crippen LogP contribution in [-0.4, -0.2) is 24.4 Å². The van der Waals surface area contributed by atoms with Gasteiger partial charge in [-0.05, 0) is 6.42 Å². The second-order valence-corrected chi connectivity index (χ2v) is 1.77. The van der Waals surface area contributed by atoms with Crippen LogP contribution in [0.4, 0.5) is 0 Å². The van der Waals surface area contributed by atoms with Crippen LogP contribution in [0.25, 0.3) is 0 Å². The number of aliphatic hydroxyl groups excluding tert-OH is 1. The van der Waals surface area contributed by atoms with Gasteiger partial charge in [-0.15, -0.1) is 0 Å². The summed E-state index contributed by atoms with van der Waals surface area (Å²) >= 11 is 0. The molecule has 0 heterocycles. The highest BCUT2D eigenvalue weighted by Gasteiger charge is 1.98. The van der Waals surface area contributed by atoms with Crippen LogP contribution in [0.5, 0.6) is 0 Å². The van der Waals surface area contributed by atoms with E-state index in [2.05, 4.69) is 6.58 Å². The van der Waals surface area contributed by atoms with E-state index >= 15 is 0 Å². The molecule has 0 bridgehead atoms. The normalized spacial score (nSPS) is 12.7. The van der Waals surface area contributed by atoms with E-state index in [0.29, 0.717) is 13.0 Å². The molecule has 3 nitrogen and oxygen atoms in total. The summed E-state index contributed by atoms with van der Waals surface area (Å²) in [5.74, 6) is 0. The SMILES string of the molecule is C=COCC(N)CCO. The Morgan fingerprint density at radius 3 is 2.89 bits per heavy atom. The summed E-state index contributed by atoms with van der Waals surface area (Å²) in [5, 5.41) is 8.37. The first-order valence-corrected chi connectivity index (χ1v) is 2.90. The highest BCUT2D eigenvalue weighted by molar-refractivity contribution is 4.60. The Morgan fingerprint density at radius 1 is 1.78 bits per heavy atom. The maximum absolute atomic E-state index is 8.37. The highest BCUT2D eigenvalue weighted by atomic mass is 16.5. The molecule has 0 aromatic rings. The fraction of sp³-hybridized carbons (Fsp3) is 0.667. The summed E-state index contributed by atoms with van der Waals surface area (Å²) < 4.78 is 4.78. The topological polar surface area (TPSA) is 55.5 Å². The monoisotopic (exact) mass is 131 g/mol. The van der Waals surface area contributed by atoms with Gasteiger partial charge >= 0.3 is 0 Å². The number of nitrogens with two attached hydrogens (primary N) is 1. The van der Waals surface area contributed by atoms with Crippen molar-refractivity contribution >= 4 is 0 Å². The molecule has 3 heteroatoms. The fourth-order valence-corrected chi connectivity index (χ4v) is 0.441. The number of rotatable bonds is 5. The van der Waals surface area contributed by atoms with Gasteiger partial charge < -0.3 is 15.6 Å². The molecule has 3 N–H and O–H groups in total. The molecule has 0 radical (unpaired) electrons. The highest BCUT2D eigenvalue weighted by Crippen LogP contribution is 1.87. The average molecular weight is 131 g/mol. The molecule has 0 rings (SSSR count). The minimum absolute atomic E-state index is 0.0759. The number of hydrogen-bond acceptors (Lipinski definition) is 3. The lowest BCUT2D eigenvalue weighted by atomic mass is 10.2. The minimum Gasteiger partial charge on any atom is -0.500 e. The molecule has 0 aliphatic carbocycles. The van der Waals surface area contributed by atoms with E-state index in [4.69, 9.17) is 15.6 Å². The molecule has 0 saturated carbocycles. The summed E-state index contributed by atoms with van der Waals surface area (Å²) in [6.45, 7) is 3.90. The molecule has 0 aliphatic rings. The van der Waals surface area contributed by atoms with Crippen molar-refractivity contribution in [1.82, 2.24) is 0 Å². The standard InChI is InChI=1S/C6H13NO2/c1-2-9-5-6(7)3-4-8/h2,6,8H,1,3-5,7H2. The molecule has 54 valence electrons. The van der Waals surface area contributed by atoms with Gasteiger partial charge in [-0.3, -0.25) is 0 Å². The van der Waals surface area contributed by atoms with Crippen LogP contribution in [0.1, 0.15) is 6.42 Å². The Hall–Kier alpha value is -0.540. The predicted octanol–water partition coefficient (Wildman–Crippen LogP) is -0.144. The zero-order valence-corrected chi connectivity index (χ0v) is 5.42.